The Labute approximate surface area is 95.2 Å². The maximum absolute atomic E-state index is 5.92. The Balaban J connectivity index is 2.26. The van der Waals surface area contributed by atoms with Gasteiger partial charge in [0.15, 0.2) is 0 Å². The molecule has 0 bridgehead atoms. The minimum Gasteiger partial charge on any atom is -0.126 e. The van der Waals surface area contributed by atoms with Gasteiger partial charge in [-0.15, -0.1) is 11.6 Å². The average Bonchev–Trinajstić information content (AvgIpc) is 2.94. The van der Waals surface area contributed by atoms with E-state index in [0.29, 0.717) is 11.3 Å². The molecule has 1 aliphatic carbocycles. The van der Waals surface area contributed by atoms with E-state index in [-0.39, 0.29) is 0 Å². The van der Waals surface area contributed by atoms with Crippen LogP contribution in [-0.2, 0) is 5.41 Å². The van der Waals surface area contributed by atoms with E-state index in [1.54, 1.807) is 0 Å². The highest BCUT2D eigenvalue weighted by molar-refractivity contribution is 6.30. The summed E-state index contributed by atoms with van der Waals surface area (Å²) in [6.45, 7) is 2.24. The molecule has 0 aromatic heterocycles. The topological polar surface area (TPSA) is 0 Å². The van der Waals surface area contributed by atoms with Crippen LogP contribution >= 0.6 is 23.2 Å². The Morgan fingerprint density at radius 3 is 2.43 bits per heavy atom. The van der Waals surface area contributed by atoms with Crippen molar-refractivity contribution in [3.8, 4) is 0 Å². The standard InChI is InChI=1S/C12H14Cl2/c1-2-12(7-10(12)8-13)9-3-5-11(14)6-4-9/h3-6,10H,2,7-8H2,1H3. The van der Waals surface area contributed by atoms with Gasteiger partial charge in [0, 0.05) is 10.9 Å². The van der Waals surface area contributed by atoms with Crippen molar-refractivity contribution in [2.75, 3.05) is 5.88 Å². The Morgan fingerprint density at radius 1 is 1.36 bits per heavy atom. The first-order chi connectivity index (χ1) is 6.73. The molecular formula is C12H14Cl2. The molecule has 0 spiro atoms. The Hall–Kier alpha value is -0.200. The molecule has 0 saturated heterocycles. The zero-order valence-corrected chi connectivity index (χ0v) is 9.78. The van der Waals surface area contributed by atoms with Gasteiger partial charge in [0.25, 0.3) is 0 Å². The molecule has 0 N–H and O–H groups in total. The lowest BCUT2D eigenvalue weighted by Gasteiger charge is -2.14. The van der Waals surface area contributed by atoms with Crippen molar-refractivity contribution < 1.29 is 0 Å². The summed E-state index contributed by atoms with van der Waals surface area (Å²) in [7, 11) is 0. The van der Waals surface area contributed by atoms with Crippen LogP contribution in [0.25, 0.3) is 0 Å². The summed E-state index contributed by atoms with van der Waals surface area (Å²) >= 11 is 11.8. The van der Waals surface area contributed by atoms with E-state index in [9.17, 15) is 0 Å². The van der Waals surface area contributed by atoms with E-state index in [4.69, 9.17) is 23.2 Å². The van der Waals surface area contributed by atoms with Crippen LogP contribution in [0, 0.1) is 5.92 Å². The lowest BCUT2D eigenvalue weighted by molar-refractivity contribution is 0.609. The minimum absolute atomic E-state index is 0.354. The summed E-state index contributed by atoms with van der Waals surface area (Å²) in [4.78, 5) is 0. The first-order valence-electron chi connectivity index (χ1n) is 5.05. The van der Waals surface area contributed by atoms with Crippen LogP contribution in [-0.4, -0.2) is 5.88 Å². The number of benzene rings is 1. The third-order valence-corrected chi connectivity index (χ3v) is 4.09. The predicted molar refractivity (Wildman–Crippen MR) is 62.2 cm³/mol. The molecular weight excluding hydrogens is 215 g/mol. The lowest BCUT2D eigenvalue weighted by atomic mass is 9.91. The van der Waals surface area contributed by atoms with Gasteiger partial charge in [0.1, 0.15) is 0 Å². The molecule has 0 heterocycles. The molecule has 14 heavy (non-hydrogen) atoms. The van der Waals surface area contributed by atoms with Crippen LogP contribution in [0.4, 0.5) is 0 Å². The Morgan fingerprint density at radius 2 is 2.00 bits per heavy atom. The van der Waals surface area contributed by atoms with Crippen LogP contribution < -0.4 is 0 Å². The smallest absolute Gasteiger partial charge is 0.0406 e. The predicted octanol–water partition coefficient (Wildman–Crippen LogP) is 4.25. The van der Waals surface area contributed by atoms with E-state index in [0.717, 1.165) is 10.9 Å². The van der Waals surface area contributed by atoms with Gasteiger partial charge in [-0.05, 0) is 41.9 Å². The van der Waals surface area contributed by atoms with Crippen molar-refractivity contribution in [1.29, 1.82) is 0 Å². The van der Waals surface area contributed by atoms with Gasteiger partial charge in [-0.1, -0.05) is 30.7 Å². The van der Waals surface area contributed by atoms with Crippen LogP contribution in [0.2, 0.25) is 5.02 Å². The summed E-state index contributed by atoms with van der Waals surface area (Å²) in [5.41, 5.74) is 1.75. The highest BCUT2D eigenvalue weighted by Gasteiger charge is 2.52. The second kappa shape index (κ2) is 3.75. The zero-order valence-electron chi connectivity index (χ0n) is 8.26. The zero-order chi connectivity index (χ0) is 10.2. The molecule has 2 atom stereocenters. The fraction of sp³-hybridized carbons (Fsp3) is 0.500. The first-order valence-corrected chi connectivity index (χ1v) is 5.96. The van der Waals surface area contributed by atoms with Crippen molar-refractivity contribution in [3.05, 3.63) is 34.9 Å². The maximum Gasteiger partial charge on any atom is 0.0406 e. The molecule has 2 heteroatoms. The lowest BCUT2D eigenvalue weighted by Crippen LogP contribution is -2.09. The summed E-state index contributed by atoms with van der Waals surface area (Å²) in [6, 6.07) is 8.21. The average molecular weight is 229 g/mol. The van der Waals surface area contributed by atoms with Gasteiger partial charge in [-0.3, -0.25) is 0 Å². The molecule has 1 aromatic carbocycles. The van der Waals surface area contributed by atoms with Gasteiger partial charge in [0.05, 0.1) is 0 Å². The SMILES string of the molecule is CCC1(c2ccc(Cl)cc2)CC1CCl. The van der Waals surface area contributed by atoms with E-state index in [1.165, 1.54) is 18.4 Å². The van der Waals surface area contributed by atoms with Crippen molar-refractivity contribution in [2.45, 2.75) is 25.2 Å². The summed E-state index contributed by atoms with van der Waals surface area (Å²) in [6.07, 6.45) is 2.40. The van der Waals surface area contributed by atoms with Crippen LogP contribution in [0.1, 0.15) is 25.3 Å². The molecule has 2 rings (SSSR count). The Bertz CT molecular complexity index is 318. The number of hydrogen-bond acceptors (Lipinski definition) is 0. The molecule has 1 saturated carbocycles. The van der Waals surface area contributed by atoms with Gasteiger partial charge in [0.2, 0.25) is 0 Å². The van der Waals surface area contributed by atoms with Gasteiger partial charge in [-0.25, -0.2) is 0 Å². The highest BCUT2D eigenvalue weighted by atomic mass is 35.5. The number of alkyl halides is 1. The number of halogens is 2. The van der Waals surface area contributed by atoms with Gasteiger partial charge in [-0.2, -0.15) is 0 Å². The number of hydrogen-bond donors (Lipinski definition) is 0. The molecule has 0 nitrogen and oxygen atoms in total. The minimum atomic E-state index is 0.354. The molecule has 0 aliphatic heterocycles. The quantitative estimate of drug-likeness (QED) is 0.680. The van der Waals surface area contributed by atoms with E-state index in [2.05, 4.69) is 19.1 Å². The summed E-state index contributed by atoms with van der Waals surface area (Å²) in [5.74, 6) is 1.44. The molecule has 2 unspecified atom stereocenters. The Kier molecular flexibility index (Phi) is 2.77. The van der Waals surface area contributed by atoms with E-state index >= 15 is 0 Å². The third-order valence-electron chi connectivity index (χ3n) is 3.47. The van der Waals surface area contributed by atoms with Crippen molar-refractivity contribution >= 4 is 23.2 Å². The summed E-state index contributed by atoms with van der Waals surface area (Å²) < 4.78 is 0. The van der Waals surface area contributed by atoms with Gasteiger partial charge >= 0.3 is 0 Å². The molecule has 76 valence electrons. The van der Waals surface area contributed by atoms with Crippen molar-refractivity contribution in [2.24, 2.45) is 5.92 Å². The fourth-order valence-electron chi connectivity index (χ4n) is 2.36. The van der Waals surface area contributed by atoms with Crippen LogP contribution in [0.5, 0.6) is 0 Å². The highest BCUT2D eigenvalue weighted by Crippen LogP contribution is 2.57. The van der Waals surface area contributed by atoms with Crippen molar-refractivity contribution in [3.63, 3.8) is 0 Å². The monoisotopic (exact) mass is 228 g/mol. The molecule has 1 fully saturated rings. The van der Waals surface area contributed by atoms with E-state index < -0.39 is 0 Å². The second-order valence-electron chi connectivity index (χ2n) is 4.07. The number of rotatable bonds is 3. The van der Waals surface area contributed by atoms with Crippen molar-refractivity contribution in [1.82, 2.24) is 0 Å². The third kappa shape index (κ3) is 1.55. The molecule has 0 amide bonds. The fourth-order valence-corrected chi connectivity index (χ4v) is 2.89. The van der Waals surface area contributed by atoms with E-state index in [1.807, 2.05) is 12.1 Å². The summed E-state index contributed by atoms with van der Waals surface area (Å²) in [5, 5.41) is 0.808. The largest absolute Gasteiger partial charge is 0.126 e. The molecule has 1 aliphatic rings. The molecule has 0 radical (unpaired) electrons. The van der Waals surface area contributed by atoms with Crippen LogP contribution in [0.15, 0.2) is 24.3 Å². The second-order valence-corrected chi connectivity index (χ2v) is 4.82. The maximum atomic E-state index is 5.92. The molecule has 1 aromatic rings. The van der Waals surface area contributed by atoms with Crippen LogP contribution in [0.3, 0.4) is 0 Å². The normalized spacial score (nSPS) is 30.4. The van der Waals surface area contributed by atoms with Gasteiger partial charge < -0.3 is 0 Å². The first kappa shape index (κ1) is 10.3.